The normalized spacial score (nSPS) is 19.8. The third-order valence-electron chi connectivity index (χ3n) is 7.64. The topological polar surface area (TPSA) is 45.2 Å². The molecule has 2 heterocycles. The Morgan fingerprint density at radius 2 is 1.68 bits per heavy atom. The van der Waals surface area contributed by atoms with Crippen molar-refractivity contribution in [3.05, 3.63) is 81.3 Å². The number of fused-ring (bicyclic) bond motifs is 1. The molecule has 2 aliphatic rings. The minimum Gasteiger partial charge on any atom is -0.497 e. The number of carbonyl (C=O) groups is 1. The number of nitrogens with zero attached hydrogens (tertiary/aromatic N) is 3. The van der Waals surface area contributed by atoms with Gasteiger partial charge in [-0.3, -0.25) is 4.79 Å². The minimum absolute atomic E-state index is 0.0779. The Hall–Kier alpha value is -2.93. The molecule has 8 heteroatoms. The number of amides is 1. The van der Waals surface area contributed by atoms with Crippen LogP contribution in [0.3, 0.4) is 0 Å². The number of piperazine rings is 1. The average Bonchev–Trinajstić information content (AvgIpc) is 3.13. The van der Waals surface area contributed by atoms with Gasteiger partial charge in [0.2, 0.25) is 5.91 Å². The molecule has 0 bridgehead atoms. The van der Waals surface area contributed by atoms with Crippen molar-refractivity contribution in [1.29, 1.82) is 0 Å². The Balaban J connectivity index is 1.59. The first-order valence-corrected chi connectivity index (χ1v) is 13.1. The number of benzene rings is 3. The Labute approximate surface area is 228 Å². The summed E-state index contributed by atoms with van der Waals surface area (Å²) in [4.78, 5) is 20.8. The number of hydrogen-bond donors (Lipinski definition) is 0. The maximum atomic E-state index is 14.4. The summed E-state index contributed by atoms with van der Waals surface area (Å²) in [5, 5.41) is 1.09. The molecule has 2 aliphatic heterocycles. The minimum atomic E-state index is -1.05. The lowest BCUT2D eigenvalue weighted by atomic mass is 9.77. The van der Waals surface area contributed by atoms with E-state index in [0.717, 1.165) is 54.2 Å². The van der Waals surface area contributed by atoms with E-state index in [0.29, 0.717) is 28.1 Å². The van der Waals surface area contributed by atoms with Crippen LogP contribution in [0.4, 0.5) is 11.4 Å². The second-order valence-corrected chi connectivity index (χ2v) is 10.6. The van der Waals surface area contributed by atoms with Crippen LogP contribution in [0, 0.1) is 0 Å². The predicted octanol–water partition coefficient (Wildman–Crippen LogP) is 5.62. The first kappa shape index (κ1) is 25.7. The zero-order chi connectivity index (χ0) is 26.3. The van der Waals surface area contributed by atoms with Gasteiger partial charge in [0.1, 0.15) is 16.9 Å². The predicted molar refractivity (Wildman–Crippen MR) is 150 cm³/mol. The van der Waals surface area contributed by atoms with Crippen molar-refractivity contribution in [3.63, 3.8) is 0 Å². The second kappa shape index (κ2) is 10.1. The van der Waals surface area contributed by atoms with Crippen LogP contribution in [0.2, 0.25) is 10.0 Å². The van der Waals surface area contributed by atoms with Crippen LogP contribution in [0.1, 0.15) is 23.6 Å². The summed E-state index contributed by atoms with van der Waals surface area (Å²) in [6.07, 6.45) is 0. The lowest BCUT2D eigenvalue weighted by Crippen LogP contribution is -2.44. The number of carbonyl (C=O) groups excluding carboxylic acids is 1. The van der Waals surface area contributed by atoms with E-state index >= 15 is 0 Å². The van der Waals surface area contributed by atoms with Gasteiger partial charge < -0.3 is 24.2 Å². The molecule has 3 aromatic rings. The molecule has 0 saturated carbocycles. The third-order valence-corrected chi connectivity index (χ3v) is 8.28. The number of rotatable bonds is 6. The Morgan fingerprint density at radius 3 is 2.38 bits per heavy atom. The molecule has 0 aliphatic carbocycles. The maximum absolute atomic E-state index is 14.4. The summed E-state index contributed by atoms with van der Waals surface area (Å²) < 4.78 is 11.0. The van der Waals surface area contributed by atoms with Crippen LogP contribution in [-0.2, 0) is 16.8 Å². The van der Waals surface area contributed by atoms with E-state index in [1.807, 2.05) is 55.5 Å². The Bertz CT molecular complexity index is 1340. The van der Waals surface area contributed by atoms with Gasteiger partial charge in [-0.1, -0.05) is 29.3 Å². The van der Waals surface area contributed by atoms with Crippen molar-refractivity contribution >= 4 is 40.5 Å². The zero-order valence-corrected chi connectivity index (χ0v) is 23.1. The van der Waals surface area contributed by atoms with Crippen LogP contribution in [0.15, 0.2) is 54.6 Å². The average molecular weight is 540 g/mol. The van der Waals surface area contributed by atoms with Gasteiger partial charge in [0, 0.05) is 59.1 Å². The number of hydrogen-bond acceptors (Lipinski definition) is 5. The van der Waals surface area contributed by atoms with Crippen LogP contribution in [0.25, 0.3) is 0 Å². The van der Waals surface area contributed by atoms with Gasteiger partial charge >= 0.3 is 0 Å². The lowest BCUT2D eigenvalue weighted by molar-refractivity contribution is -0.121. The molecule has 1 amide bonds. The highest BCUT2D eigenvalue weighted by molar-refractivity contribution is 6.34. The number of methoxy groups -OCH3 is 2. The molecule has 1 fully saturated rings. The van der Waals surface area contributed by atoms with Gasteiger partial charge in [0.25, 0.3) is 0 Å². The van der Waals surface area contributed by atoms with E-state index in [1.165, 1.54) is 0 Å². The molecule has 194 valence electrons. The molecular weight excluding hydrogens is 509 g/mol. The first-order valence-electron chi connectivity index (χ1n) is 12.3. The summed E-state index contributed by atoms with van der Waals surface area (Å²) in [6.45, 7) is 6.07. The van der Waals surface area contributed by atoms with Crippen molar-refractivity contribution in [1.82, 2.24) is 4.90 Å². The summed E-state index contributed by atoms with van der Waals surface area (Å²) in [5.74, 6) is 1.26. The Kier molecular flexibility index (Phi) is 7.01. The van der Waals surface area contributed by atoms with Crippen LogP contribution in [-0.4, -0.2) is 58.3 Å². The van der Waals surface area contributed by atoms with E-state index in [2.05, 4.69) is 22.9 Å². The molecule has 5 rings (SSSR count). The monoisotopic (exact) mass is 539 g/mol. The van der Waals surface area contributed by atoms with Gasteiger partial charge in [0.15, 0.2) is 0 Å². The zero-order valence-electron chi connectivity index (χ0n) is 21.6. The van der Waals surface area contributed by atoms with Gasteiger partial charge in [-0.25, -0.2) is 0 Å². The molecular formula is C29H31Cl2N3O3. The van der Waals surface area contributed by atoms with Crippen LogP contribution < -0.4 is 19.3 Å². The largest absolute Gasteiger partial charge is 0.497 e. The number of likely N-dealkylation sites (N-methyl/N-ethyl adjacent to an activating group) is 1. The van der Waals surface area contributed by atoms with Gasteiger partial charge in [-0.15, -0.1) is 0 Å². The summed E-state index contributed by atoms with van der Waals surface area (Å²) in [5.41, 5.74) is 3.18. The Morgan fingerprint density at radius 1 is 0.919 bits per heavy atom. The fraction of sp³-hybridized carbons (Fsp3) is 0.345. The van der Waals surface area contributed by atoms with E-state index < -0.39 is 5.41 Å². The molecule has 0 aromatic heterocycles. The fourth-order valence-electron chi connectivity index (χ4n) is 5.44. The van der Waals surface area contributed by atoms with E-state index in [4.69, 9.17) is 32.7 Å². The number of ether oxygens (including phenoxy) is 2. The summed E-state index contributed by atoms with van der Waals surface area (Å²) in [7, 11) is 5.36. The quantitative estimate of drug-likeness (QED) is 0.407. The van der Waals surface area contributed by atoms with E-state index in [1.54, 1.807) is 19.1 Å². The molecule has 0 N–H and O–H groups in total. The van der Waals surface area contributed by atoms with Crippen molar-refractivity contribution in [2.75, 3.05) is 57.2 Å². The summed E-state index contributed by atoms with van der Waals surface area (Å²) in [6, 6.07) is 17.3. The van der Waals surface area contributed by atoms with Gasteiger partial charge in [-0.05, 0) is 62.0 Å². The van der Waals surface area contributed by atoms with Crippen molar-refractivity contribution in [3.8, 4) is 11.5 Å². The van der Waals surface area contributed by atoms with E-state index in [-0.39, 0.29) is 5.91 Å². The smallest absolute Gasteiger partial charge is 0.242 e. The molecule has 6 nitrogen and oxygen atoms in total. The maximum Gasteiger partial charge on any atom is 0.242 e. The van der Waals surface area contributed by atoms with E-state index in [9.17, 15) is 4.79 Å². The standard InChI is InChI=1S/C29H31Cl2N3O3/c1-29(22-16-20(9-11-23(22)30)33-14-12-32(2)13-15-33)27-24(31)6-5-7-25(27)34(28(29)35)18-19-8-10-21(36-3)17-26(19)37-4/h5-11,16-17H,12-15,18H2,1-4H3. The van der Waals surface area contributed by atoms with Crippen molar-refractivity contribution < 1.29 is 14.3 Å². The molecule has 0 spiro atoms. The molecule has 1 atom stereocenters. The van der Waals surface area contributed by atoms with Crippen LogP contribution >= 0.6 is 23.2 Å². The fourth-order valence-corrected chi connectivity index (χ4v) is 6.10. The highest BCUT2D eigenvalue weighted by Crippen LogP contribution is 2.52. The molecule has 1 unspecified atom stereocenters. The first-order chi connectivity index (χ1) is 17.8. The van der Waals surface area contributed by atoms with Gasteiger partial charge in [-0.2, -0.15) is 0 Å². The second-order valence-electron chi connectivity index (χ2n) is 9.78. The number of anilines is 2. The SMILES string of the molecule is COc1ccc(CN2C(=O)C(C)(c3cc(N4CCN(C)CC4)ccc3Cl)c3c(Cl)cccc32)c(OC)c1. The lowest BCUT2D eigenvalue weighted by Gasteiger charge is -2.35. The third kappa shape index (κ3) is 4.41. The highest BCUT2D eigenvalue weighted by atomic mass is 35.5. The number of halogens is 2. The highest BCUT2D eigenvalue weighted by Gasteiger charge is 2.51. The molecule has 37 heavy (non-hydrogen) atoms. The van der Waals surface area contributed by atoms with Crippen LogP contribution in [0.5, 0.6) is 11.5 Å². The molecule has 1 saturated heterocycles. The van der Waals surface area contributed by atoms with Crippen molar-refractivity contribution in [2.45, 2.75) is 18.9 Å². The molecule has 3 aromatic carbocycles. The van der Waals surface area contributed by atoms with Gasteiger partial charge in [0.05, 0.1) is 26.5 Å². The van der Waals surface area contributed by atoms with Crippen molar-refractivity contribution in [2.24, 2.45) is 0 Å². The summed E-state index contributed by atoms with van der Waals surface area (Å²) >= 11 is 13.6. The molecule has 0 radical (unpaired) electrons.